The Morgan fingerprint density at radius 2 is 2.27 bits per heavy atom. The van der Waals surface area contributed by atoms with Crippen LogP contribution in [0.5, 0.6) is 0 Å². The lowest BCUT2D eigenvalue weighted by Crippen LogP contribution is -2.08. The molecular weight excluding hydrogens is 138 g/mol. The van der Waals surface area contributed by atoms with Crippen LogP contribution < -0.4 is 11.1 Å². The van der Waals surface area contributed by atoms with Crippen LogP contribution in [0.15, 0.2) is 35.7 Å². The molecule has 0 amide bonds. The molecule has 3 nitrogen and oxygen atoms in total. The third kappa shape index (κ3) is 1.70. The van der Waals surface area contributed by atoms with Crippen LogP contribution in [0.2, 0.25) is 0 Å². The molecule has 0 saturated carbocycles. The first-order valence-electron chi connectivity index (χ1n) is 3.35. The van der Waals surface area contributed by atoms with Gasteiger partial charge in [0.15, 0.2) is 0 Å². The average molecular weight is 149 g/mol. The summed E-state index contributed by atoms with van der Waals surface area (Å²) in [6.07, 6.45) is 6.91. The number of rotatable bonds is 1. The smallest absolute Gasteiger partial charge is 0.0628 e. The van der Waals surface area contributed by atoms with Crippen molar-refractivity contribution in [1.29, 1.82) is 5.41 Å². The summed E-state index contributed by atoms with van der Waals surface area (Å²) in [6.45, 7) is 0. The van der Waals surface area contributed by atoms with Gasteiger partial charge >= 0.3 is 0 Å². The summed E-state index contributed by atoms with van der Waals surface area (Å²) >= 11 is 0. The Labute approximate surface area is 65.8 Å². The molecule has 0 aromatic heterocycles. The molecule has 58 valence electrons. The van der Waals surface area contributed by atoms with E-state index in [1.807, 2.05) is 0 Å². The lowest BCUT2D eigenvalue weighted by Gasteiger charge is -2.06. The van der Waals surface area contributed by atoms with Crippen LogP contribution in [-0.4, -0.2) is 12.8 Å². The predicted octanol–water partition coefficient (Wildman–Crippen LogP) is 0.522. The second-order valence-corrected chi connectivity index (χ2v) is 2.28. The Hall–Kier alpha value is -1.51. The van der Waals surface area contributed by atoms with E-state index in [1.165, 1.54) is 0 Å². The highest BCUT2D eigenvalue weighted by Crippen LogP contribution is 2.08. The number of hydrogen-bond donors (Lipinski definition) is 3. The standard InChI is InChI=1S/C8H11N3/c1-11-5-6-4-7(9)2-3-8(6)10/h2-5,10-11H,9H2,1H3/b6-5-,10-8?. The van der Waals surface area contributed by atoms with Gasteiger partial charge in [0.25, 0.3) is 0 Å². The fourth-order valence-corrected chi connectivity index (χ4v) is 0.856. The summed E-state index contributed by atoms with van der Waals surface area (Å²) < 4.78 is 0. The van der Waals surface area contributed by atoms with Gasteiger partial charge in [-0.1, -0.05) is 0 Å². The molecule has 1 aliphatic carbocycles. The number of hydrogen-bond acceptors (Lipinski definition) is 3. The summed E-state index contributed by atoms with van der Waals surface area (Å²) in [4.78, 5) is 0. The zero-order valence-electron chi connectivity index (χ0n) is 6.39. The Balaban J connectivity index is 2.90. The van der Waals surface area contributed by atoms with Crippen molar-refractivity contribution in [3.05, 3.63) is 35.7 Å². The highest BCUT2D eigenvalue weighted by atomic mass is 14.8. The largest absolute Gasteiger partial charge is 0.399 e. The minimum absolute atomic E-state index is 0.480. The van der Waals surface area contributed by atoms with Crippen molar-refractivity contribution in [2.45, 2.75) is 0 Å². The van der Waals surface area contributed by atoms with Gasteiger partial charge in [0, 0.05) is 24.5 Å². The van der Waals surface area contributed by atoms with E-state index in [2.05, 4.69) is 5.32 Å². The van der Waals surface area contributed by atoms with Crippen molar-refractivity contribution >= 4 is 5.71 Å². The first-order chi connectivity index (χ1) is 5.24. The lowest BCUT2D eigenvalue weighted by molar-refractivity contribution is 1.09. The zero-order valence-corrected chi connectivity index (χ0v) is 6.39. The molecule has 1 rings (SSSR count). The summed E-state index contributed by atoms with van der Waals surface area (Å²) in [5, 5.41) is 10.3. The summed E-state index contributed by atoms with van der Waals surface area (Å²) in [6, 6.07) is 0. The molecule has 0 aromatic rings. The molecule has 0 bridgehead atoms. The van der Waals surface area contributed by atoms with Gasteiger partial charge in [-0.15, -0.1) is 0 Å². The summed E-state index contributed by atoms with van der Waals surface area (Å²) in [5.41, 5.74) is 7.50. The lowest BCUT2D eigenvalue weighted by atomic mass is 10.1. The zero-order chi connectivity index (χ0) is 8.27. The van der Waals surface area contributed by atoms with E-state index in [9.17, 15) is 0 Å². The van der Waals surface area contributed by atoms with Crippen LogP contribution >= 0.6 is 0 Å². The van der Waals surface area contributed by atoms with Crippen molar-refractivity contribution in [2.24, 2.45) is 5.73 Å². The third-order valence-electron chi connectivity index (χ3n) is 1.38. The van der Waals surface area contributed by atoms with E-state index in [-0.39, 0.29) is 0 Å². The van der Waals surface area contributed by atoms with Crippen molar-refractivity contribution < 1.29 is 0 Å². The van der Waals surface area contributed by atoms with Crippen molar-refractivity contribution in [3.63, 3.8) is 0 Å². The topological polar surface area (TPSA) is 61.9 Å². The highest BCUT2D eigenvalue weighted by Gasteiger charge is 2.03. The molecule has 0 aliphatic heterocycles. The SMILES string of the molecule is CN/C=C1/C=C(N)C=CC1=N. The molecule has 0 spiro atoms. The van der Waals surface area contributed by atoms with Crippen molar-refractivity contribution in [1.82, 2.24) is 5.32 Å². The van der Waals surface area contributed by atoms with Crippen LogP contribution in [0.25, 0.3) is 0 Å². The molecule has 0 fully saturated rings. The summed E-state index contributed by atoms with van der Waals surface area (Å²) in [7, 11) is 1.79. The Morgan fingerprint density at radius 1 is 1.55 bits per heavy atom. The molecule has 4 N–H and O–H groups in total. The Bertz CT molecular complexity index is 259. The second-order valence-electron chi connectivity index (χ2n) is 2.28. The minimum Gasteiger partial charge on any atom is -0.399 e. The van der Waals surface area contributed by atoms with E-state index in [0.717, 1.165) is 5.57 Å². The summed E-state index contributed by atoms with van der Waals surface area (Å²) in [5.74, 6) is 0. The van der Waals surface area contributed by atoms with Crippen LogP contribution in [0.4, 0.5) is 0 Å². The van der Waals surface area contributed by atoms with E-state index in [4.69, 9.17) is 11.1 Å². The molecule has 0 unspecified atom stereocenters. The van der Waals surface area contributed by atoms with E-state index in [0.29, 0.717) is 11.4 Å². The normalized spacial score (nSPS) is 20.3. The maximum absolute atomic E-state index is 7.44. The van der Waals surface area contributed by atoms with Crippen LogP contribution in [-0.2, 0) is 0 Å². The molecule has 1 aliphatic rings. The molecule has 0 saturated heterocycles. The van der Waals surface area contributed by atoms with Crippen LogP contribution in [0, 0.1) is 5.41 Å². The van der Waals surface area contributed by atoms with Gasteiger partial charge in [-0.05, 0) is 18.2 Å². The second kappa shape index (κ2) is 3.05. The Kier molecular flexibility index (Phi) is 2.11. The van der Waals surface area contributed by atoms with Crippen molar-refractivity contribution in [3.8, 4) is 0 Å². The maximum Gasteiger partial charge on any atom is 0.0628 e. The van der Waals surface area contributed by atoms with Crippen LogP contribution in [0.1, 0.15) is 0 Å². The van der Waals surface area contributed by atoms with Crippen LogP contribution in [0.3, 0.4) is 0 Å². The predicted molar refractivity (Wildman–Crippen MR) is 46.3 cm³/mol. The molecule has 3 heteroatoms. The van der Waals surface area contributed by atoms with Gasteiger partial charge < -0.3 is 16.5 Å². The third-order valence-corrected chi connectivity index (χ3v) is 1.38. The van der Waals surface area contributed by atoms with Gasteiger partial charge in [-0.2, -0.15) is 0 Å². The van der Waals surface area contributed by atoms with E-state index in [1.54, 1.807) is 31.5 Å². The molecule has 11 heavy (non-hydrogen) atoms. The monoisotopic (exact) mass is 149 g/mol. The number of nitrogens with one attached hydrogen (secondary N) is 2. The molecule has 0 radical (unpaired) electrons. The first kappa shape index (κ1) is 7.60. The van der Waals surface area contributed by atoms with Gasteiger partial charge in [0.2, 0.25) is 0 Å². The minimum atomic E-state index is 0.480. The van der Waals surface area contributed by atoms with E-state index >= 15 is 0 Å². The van der Waals surface area contributed by atoms with Crippen molar-refractivity contribution in [2.75, 3.05) is 7.05 Å². The fourth-order valence-electron chi connectivity index (χ4n) is 0.856. The van der Waals surface area contributed by atoms with Gasteiger partial charge in [-0.3, -0.25) is 0 Å². The fraction of sp³-hybridized carbons (Fsp3) is 0.125. The average Bonchev–Trinajstić information content (AvgIpc) is 1.98. The van der Waals surface area contributed by atoms with E-state index < -0.39 is 0 Å². The molecule has 0 atom stereocenters. The molecule has 0 heterocycles. The van der Waals surface area contributed by atoms with Gasteiger partial charge in [0.1, 0.15) is 0 Å². The Morgan fingerprint density at radius 3 is 2.91 bits per heavy atom. The molecule has 0 aromatic carbocycles. The quantitative estimate of drug-likeness (QED) is 0.509. The first-order valence-corrected chi connectivity index (χ1v) is 3.35. The number of nitrogens with two attached hydrogens (primary N) is 1. The molecular formula is C8H11N3. The van der Waals surface area contributed by atoms with Gasteiger partial charge in [0.05, 0.1) is 5.71 Å². The maximum atomic E-state index is 7.44. The van der Waals surface area contributed by atoms with Gasteiger partial charge in [-0.25, -0.2) is 0 Å². The highest BCUT2D eigenvalue weighted by molar-refractivity contribution is 6.09. The number of allylic oxidation sites excluding steroid dienone is 4.